The van der Waals surface area contributed by atoms with E-state index in [0.717, 1.165) is 45.1 Å². The number of anilines is 3. The van der Waals surface area contributed by atoms with Gasteiger partial charge < -0.3 is 20.4 Å². The normalized spacial score (nSPS) is 16.9. The van der Waals surface area contributed by atoms with Gasteiger partial charge in [0.1, 0.15) is 6.07 Å². The number of hydrogen-bond donors (Lipinski definition) is 2. The minimum Gasteiger partial charge on any atom is -0.364 e. The van der Waals surface area contributed by atoms with Crippen LogP contribution in [0.1, 0.15) is 36.1 Å². The Labute approximate surface area is 217 Å². The lowest BCUT2D eigenvalue weighted by atomic mass is 10.0. The lowest BCUT2D eigenvalue weighted by molar-refractivity contribution is -0.0246. The molecular weight excluding hydrogens is 502 g/mol. The number of aromatic nitrogens is 4. The number of nitrogens with zero attached hydrogens (tertiary/aromatic N) is 8. The lowest BCUT2D eigenvalue weighted by Gasteiger charge is -2.33. The summed E-state index contributed by atoms with van der Waals surface area (Å²) in [5.74, 6) is -2.83. The molecule has 2 fully saturated rings. The van der Waals surface area contributed by atoms with Crippen LogP contribution in [0.4, 0.5) is 26.2 Å². The minimum absolute atomic E-state index is 0.0221. The summed E-state index contributed by atoms with van der Waals surface area (Å²) in [5, 5.41) is 29.2. The summed E-state index contributed by atoms with van der Waals surface area (Å²) in [6.45, 7) is 3.32. The van der Waals surface area contributed by atoms with Gasteiger partial charge in [0.05, 0.1) is 28.5 Å². The van der Waals surface area contributed by atoms with Crippen LogP contribution in [0, 0.1) is 22.7 Å². The van der Waals surface area contributed by atoms with Crippen LogP contribution < -0.4 is 10.6 Å². The Morgan fingerprint density at radius 2 is 1.92 bits per heavy atom. The van der Waals surface area contributed by atoms with Gasteiger partial charge in [0.25, 0.3) is 5.92 Å². The van der Waals surface area contributed by atoms with Gasteiger partial charge in [-0.05, 0) is 32.0 Å². The van der Waals surface area contributed by atoms with E-state index >= 15 is 8.78 Å². The first kappa shape index (κ1) is 25.1. The van der Waals surface area contributed by atoms with Crippen molar-refractivity contribution >= 4 is 34.7 Å². The number of benzene rings is 1. The van der Waals surface area contributed by atoms with Gasteiger partial charge in [-0.3, -0.25) is 0 Å². The molecule has 3 aromatic rings. The van der Waals surface area contributed by atoms with E-state index in [1.165, 1.54) is 16.8 Å². The molecule has 0 bridgehead atoms. The van der Waals surface area contributed by atoms with Crippen molar-refractivity contribution < 1.29 is 8.78 Å². The van der Waals surface area contributed by atoms with Gasteiger partial charge in [-0.15, -0.1) is 5.10 Å². The predicted molar refractivity (Wildman–Crippen MR) is 134 cm³/mol. The van der Waals surface area contributed by atoms with E-state index in [-0.39, 0.29) is 40.5 Å². The number of halogens is 3. The van der Waals surface area contributed by atoms with Crippen LogP contribution in [0.25, 0.3) is 5.65 Å². The molecule has 2 N–H and O–H groups in total. The number of nitrogens with one attached hydrogen (secondary N) is 2. The van der Waals surface area contributed by atoms with Crippen molar-refractivity contribution in [1.29, 1.82) is 10.5 Å². The van der Waals surface area contributed by atoms with Crippen molar-refractivity contribution in [3.63, 3.8) is 0 Å². The number of hydrogen-bond acceptors (Lipinski definition) is 9. The number of likely N-dealkylation sites (N-methyl/N-ethyl adjacent to an activating group) is 1. The Morgan fingerprint density at radius 1 is 1.16 bits per heavy atom. The van der Waals surface area contributed by atoms with Gasteiger partial charge >= 0.3 is 0 Å². The van der Waals surface area contributed by atoms with Crippen LogP contribution in [0.5, 0.6) is 0 Å². The second-order valence-corrected chi connectivity index (χ2v) is 9.79. The first-order valence-electron chi connectivity index (χ1n) is 12.0. The molecule has 5 rings (SSSR count). The fourth-order valence-electron chi connectivity index (χ4n) is 4.20. The molecule has 37 heavy (non-hydrogen) atoms. The van der Waals surface area contributed by atoms with E-state index in [9.17, 15) is 10.5 Å². The number of imidazole rings is 1. The van der Waals surface area contributed by atoms with Gasteiger partial charge in [-0.25, -0.2) is 13.8 Å². The molecule has 1 aliphatic carbocycles. The molecule has 0 radical (unpaired) electrons. The standard InChI is InChI=1S/C24H25ClF2N10/c1-35-6-8-36(9-7-35)5-4-24(26,27)18-10-15(12-28)11-19(20(18)25)32-23-33-21(31-16-2-3-16)22-30-14-17(13-29)37(22)34-23/h10-11,14,16H,2-9H2,1H3,(H2,31,32,33,34). The summed E-state index contributed by atoms with van der Waals surface area (Å²) in [4.78, 5) is 12.8. The lowest BCUT2D eigenvalue weighted by Crippen LogP contribution is -2.45. The second kappa shape index (κ2) is 10.1. The average Bonchev–Trinajstić information content (AvgIpc) is 3.60. The number of piperazine rings is 1. The van der Waals surface area contributed by atoms with Crippen LogP contribution in [0.3, 0.4) is 0 Å². The van der Waals surface area contributed by atoms with E-state index in [1.807, 2.05) is 24.1 Å². The SMILES string of the molecule is CN1CCN(CCC(F)(F)c2cc(C#N)cc(Nc3nc(NC4CC4)c4ncc(C#N)n4n3)c2Cl)CC1. The highest BCUT2D eigenvalue weighted by atomic mass is 35.5. The summed E-state index contributed by atoms with van der Waals surface area (Å²) < 4.78 is 32.2. The van der Waals surface area contributed by atoms with Crippen LogP contribution in [-0.4, -0.2) is 75.2 Å². The maximum Gasteiger partial charge on any atom is 0.276 e. The highest BCUT2D eigenvalue weighted by Gasteiger charge is 2.36. The van der Waals surface area contributed by atoms with Gasteiger partial charge in [0, 0.05) is 50.7 Å². The molecule has 1 aliphatic heterocycles. The average molecular weight is 527 g/mol. The number of alkyl halides is 2. The maximum atomic E-state index is 15.4. The Kier molecular flexibility index (Phi) is 6.82. The summed E-state index contributed by atoms with van der Waals surface area (Å²) in [6.07, 6.45) is 2.91. The molecule has 1 saturated heterocycles. The molecule has 10 nitrogen and oxygen atoms in total. The topological polar surface area (TPSA) is 121 Å². The van der Waals surface area contributed by atoms with E-state index in [1.54, 1.807) is 0 Å². The van der Waals surface area contributed by atoms with Crippen molar-refractivity contribution in [3.05, 3.63) is 40.2 Å². The van der Waals surface area contributed by atoms with Crippen LogP contribution >= 0.6 is 11.6 Å². The molecule has 2 aromatic heterocycles. The zero-order chi connectivity index (χ0) is 26.2. The number of rotatable bonds is 8. The van der Waals surface area contributed by atoms with Crippen molar-refractivity contribution in [2.45, 2.75) is 31.2 Å². The number of fused-ring (bicyclic) bond motifs is 1. The fraction of sp³-hybridized carbons (Fsp3) is 0.458. The van der Waals surface area contributed by atoms with E-state index in [4.69, 9.17) is 11.6 Å². The Hall–Kier alpha value is -3.58. The van der Waals surface area contributed by atoms with E-state index in [2.05, 4.69) is 30.6 Å². The highest BCUT2D eigenvalue weighted by molar-refractivity contribution is 6.34. The molecule has 1 saturated carbocycles. The largest absolute Gasteiger partial charge is 0.364 e. The third-order valence-corrected chi connectivity index (χ3v) is 6.98. The molecule has 192 valence electrons. The minimum atomic E-state index is -3.26. The van der Waals surface area contributed by atoms with E-state index in [0.29, 0.717) is 11.5 Å². The monoisotopic (exact) mass is 526 g/mol. The van der Waals surface area contributed by atoms with Crippen LogP contribution in [0.2, 0.25) is 5.02 Å². The summed E-state index contributed by atoms with van der Waals surface area (Å²) in [7, 11) is 2.01. The molecule has 13 heteroatoms. The maximum absolute atomic E-state index is 15.4. The Morgan fingerprint density at radius 3 is 2.59 bits per heavy atom. The molecule has 0 atom stereocenters. The van der Waals surface area contributed by atoms with Crippen LogP contribution in [0.15, 0.2) is 18.3 Å². The van der Waals surface area contributed by atoms with E-state index < -0.39 is 17.9 Å². The molecule has 2 aliphatic rings. The summed E-state index contributed by atoms with van der Waals surface area (Å²) >= 11 is 6.49. The summed E-state index contributed by atoms with van der Waals surface area (Å²) in [5.41, 5.74) is 0.237. The van der Waals surface area contributed by atoms with Crippen molar-refractivity contribution in [1.82, 2.24) is 29.4 Å². The fourth-order valence-corrected chi connectivity index (χ4v) is 4.49. The molecule has 0 unspecified atom stereocenters. The molecule has 1 aromatic carbocycles. The first-order chi connectivity index (χ1) is 17.8. The predicted octanol–water partition coefficient (Wildman–Crippen LogP) is 3.57. The van der Waals surface area contributed by atoms with Crippen LogP contribution in [-0.2, 0) is 5.92 Å². The van der Waals surface area contributed by atoms with Gasteiger partial charge in [-0.2, -0.15) is 20.0 Å². The Bertz CT molecular complexity index is 1400. The first-order valence-corrected chi connectivity index (χ1v) is 12.4. The zero-order valence-electron chi connectivity index (χ0n) is 20.2. The molecular formula is C24H25ClF2N10. The third-order valence-electron chi connectivity index (χ3n) is 6.58. The Balaban J connectivity index is 1.44. The van der Waals surface area contributed by atoms with Crippen molar-refractivity contribution in [2.75, 3.05) is 50.4 Å². The van der Waals surface area contributed by atoms with Crippen molar-refractivity contribution in [2.24, 2.45) is 0 Å². The number of nitriles is 2. The molecule has 0 spiro atoms. The zero-order valence-corrected chi connectivity index (χ0v) is 20.9. The molecule has 3 heterocycles. The summed E-state index contributed by atoms with van der Waals surface area (Å²) in [6, 6.07) is 6.70. The van der Waals surface area contributed by atoms with Gasteiger partial charge in [0.15, 0.2) is 17.2 Å². The highest BCUT2D eigenvalue weighted by Crippen LogP contribution is 2.41. The van der Waals surface area contributed by atoms with Gasteiger partial charge in [-0.1, -0.05) is 11.6 Å². The smallest absolute Gasteiger partial charge is 0.276 e. The second-order valence-electron chi connectivity index (χ2n) is 9.41. The van der Waals surface area contributed by atoms with Crippen molar-refractivity contribution in [3.8, 4) is 12.1 Å². The third kappa shape index (κ3) is 5.42. The molecule has 0 amide bonds. The quantitative estimate of drug-likeness (QED) is 0.453. The van der Waals surface area contributed by atoms with Gasteiger partial charge in [0.2, 0.25) is 5.95 Å².